The van der Waals surface area contributed by atoms with Gasteiger partial charge in [-0.25, -0.2) is 8.42 Å². The van der Waals surface area contributed by atoms with E-state index in [1.165, 1.54) is 4.90 Å². The number of para-hydroxylation sites is 1. The Morgan fingerprint density at radius 2 is 1.74 bits per heavy atom. The van der Waals surface area contributed by atoms with Crippen LogP contribution in [0.3, 0.4) is 0 Å². The third-order valence-corrected chi connectivity index (χ3v) is 5.38. The predicted molar refractivity (Wildman–Crippen MR) is 108 cm³/mol. The number of hydrogen-bond acceptors (Lipinski definition) is 4. The molecular weight excluding hydrogens is 388 g/mol. The summed E-state index contributed by atoms with van der Waals surface area (Å²) in [7, 11) is -1.98. The molecule has 8 heteroatoms. The maximum absolute atomic E-state index is 12.5. The molecule has 0 atom stereocenters. The van der Waals surface area contributed by atoms with Crippen molar-refractivity contribution in [2.75, 3.05) is 37.3 Å². The van der Waals surface area contributed by atoms with Crippen LogP contribution >= 0.6 is 11.6 Å². The molecule has 2 rings (SSSR count). The maximum Gasteiger partial charge on any atom is 0.243 e. The molecule has 0 N–H and O–H groups in total. The van der Waals surface area contributed by atoms with Crippen LogP contribution in [0.1, 0.15) is 5.56 Å². The highest BCUT2D eigenvalue weighted by Crippen LogP contribution is 2.22. The largest absolute Gasteiger partial charge is 0.492 e. The summed E-state index contributed by atoms with van der Waals surface area (Å²) in [5, 5.41) is 0.617. The molecule has 2 aromatic rings. The van der Waals surface area contributed by atoms with Gasteiger partial charge in [0, 0.05) is 12.1 Å². The molecule has 0 radical (unpaired) electrons. The van der Waals surface area contributed by atoms with Crippen molar-refractivity contribution in [2.24, 2.45) is 0 Å². The lowest BCUT2D eigenvalue weighted by atomic mass is 10.2. The fraction of sp³-hybridized carbons (Fsp3) is 0.316. The molecule has 0 heterocycles. The van der Waals surface area contributed by atoms with Crippen LogP contribution in [0.5, 0.6) is 5.75 Å². The van der Waals surface area contributed by atoms with Gasteiger partial charge in [0.1, 0.15) is 18.9 Å². The third-order valence-electron chi connectivity index (χ3n) is 4.00. The molecule has 2 aromatic carbocycles. The Labute approximate surface area is 165 Å². The van der Waals surface area contributed by atoms with Crippen molar-refractivity contribution in [1.29, 1.82) is 0 Å². The Bertz CT molecular complexity index is 885. The highest BCUT2D eigenvalue weighted by molar-refractivity contribution is 7.92. The number of benzene rings is 2. The van der Waals surface area contributed by atoms with Crippen molar-refractivity contribution in [3.05, 3.63) is 59.1 Å². The molecule has 0 saturated heterocycles. The first-order valence-corrected chi connectivity index (χ1v) is 10.6. The molecule has 0 saturated carbocycles. The van der Waals surface area contributed by atoms with Gasteiger partial charge in [-0.2, -0.15) is 0 Å². The summed E-state index contributed by atoms with van der Waals surface area (Å²) in [5.41, 5.74) is 1.28. The lowest BCUT2D eigenvalue weighted by molar-refractivity contribution is -0.128. The molecule has 0 fully saturated rings. The zero-order chi connectivity index (χ0) is 20.0. The summed E-state index contributed by atoms with van der Waals surface area (Å²) in [6.45, 7) is 2.16. The van der Waals surface area contributed by atoms with Crippen LogP contribution in [-0.4, -0.2) is 52.2 Å². The molecule has 0 bridgehead atoms. The van der Waals surface area contributed by atoms with Gasteiger partial charge < -0.3 is 9.64 Å². The van der Waals surface area contributed by atoms with E-state index in [-0.39, 0.29) is 19.1 Å². The van der Waals surface area contributed by atoms with Gasteiger partial charge >= 0.3 is 0 Å². The second kappa shape index (κ2) is 9.10. The summed E-state index contributed by atoms with van der Waals surface area (Å²) in [6, 6.07) is 14.0. The predicted octanol–water partition coefficient (Wildman–Crippen LogP) is 2.95. The number of anilines is 1. The fourth-order valence-corrected chi connectivity index (χ4v) is 3.46. The van der Waals surface area contributed by atoms with Gasteiger partial charge in [0.05, 0.1) is 18.5 Å². The summed E-state index contributed by atoms with van der Waals surface area (Å²) in [4.78, 5) is 14.0. The van der Waals surface area contributed by atoms with Gasteiger partial charge in [-0.1, -0.05) is 29.8 Å². The Balaban J connectivity index is 1.98. The first-order chi connectivity index (χ1) is 12.7. The number of likely N-dealkylation sites (N-methyl/N-ethyl adjacent to an activating group) is 1. The number of carbonyl (C=O) groups excluding carboxylic acids is 1. The first-order valence-electron chi connectivity index (χ1n) is 8.34. The van der Waals surface area contributed by atoms with Crippen LogP contribution in [0.4, 0.5) is 5.69 Å². The standard InChI is InChI=1S/C19H23ClN2O4S/c1-15-6-4-5-7-18(15)22(27(3,24)25)14-19(23)21(2)12-13-26-17-10-8-16(20)9-11-17/h4-11H,12-14H2,1-3H3. The number of halogens is 1. The normalized spacial score (nSPS) is 11.1. The molecule has 27 heavy (non-hydrogen) atoms. The van der Waals surface area contributed by atoms with Crippen LogP contribution in [0.25, 0.3) is 0 Å². The summed E-state index contributed by atoms with van der Waals surface area (Å²) >= 11 is 5.82. The second-order valence-corrected chi connectivity index (χ2v) is 8.52. The number of sulfonamides is 1. The SMILES string of the molecule is Cc1ccccc1N(CC(=O)N(C)CCOc1ccc(Cl)cc1)S(C)(=O)=O. The van der Waals surface area contributed by atoms with Crippen LogP contribution < -0.4 is 9.04 Å². The van der Waals surface area contributed by atoms with E-state index in [9.17, 15) is 13.2 Å². The van der Waals surface area contributed by atoms with Crippen molar-refractivity contribution < 1.29 is 17.9 Å². The Morgan fingerprint density at radius 3 is 2.33 bits per heavy atom. The van der Waals surface area contributed by atoms with Gasteiger partial charge in [0.2, 0.25) is 15.9 Å². The number of ether oxygens (including phenoxy) is 1. The van der Waals surface area contributed by atoms with E-state index >= 15 is 0 Å². The molecule has 0 aliphatic carbocycles. The van der Waals surface area contributed by atoms with Crippen molar-refractivity contribution in [1.82, 2.24) is 4.90 Å². The van der Waals surface area contributed by atoms with Gasteiger partial charge in [0.15, 0.2) is 0 Å². The van der Waals surface area contributed by atoms with E-state index in [0.717, 1.165) is 16.1 Å². The quantitative estimate of drug-likeness (QED) is 0.671. The Morgan fingerprint density at radius 1 is 1.11 bits per heavy atom. The van der Waals surface area contributed by atoms with E-state index in [0.29, 0.717) is 23.0 Å². The Kier molecular flexibility index (Phi) is 7.10. The summed E-state index contributed by atoms with van der Waals surface area (Å²) < 4.78 is 31.1. The fourth-order valence-electron chi connectivity index (χ4n) is 2.42. The zero-order valence-corrected chi connectivity index (χ0v) is 17.1. The van der Waals surface area contributed by atoms with E-state index in [2.05, 4.69) is 0 Å². The van der Waals surface area contributed by atoms with Gasteiger partial charge in [-0.15, -0.1) is 0 Å². The molecule has 0 aromatic heterocycles. The van der Waals surface area contributed by atoms with Gasteiger partial charge in [-0.05, 0) is 42.8 Å². The number of rotatable bonds is 8. The minimum Gasteiger partial charge on any atom is -0.492 e. The molecule has 1 amide bonds. The summed E-state index contributed by atoms with van der Waals surface area (Å²) in [6.07, 6.45) is 1.09. The highest BCUT2D eigenvalue weighted by atomic mass is 35.5. The molecule has 0 spiro atoms. The number of amides is 1. The van der Waals surface area contributed by atoms with Gasteiger partial charge in [-0.3, -0.25) is 9.10 Å². The van der Waals surface area contributed by atoms with E-state index in [1.807, 2.05) is 19.1 Å². The lowest BCUT2D eigenvalue weighted by Gasteiger charge is -2.26. The molecule has 146 valence electrons. The van der Waals surface area contributed by atoms with Crippen LogP contribution in [0, 0.1) is 6.92 Å². The zero-order valence-electron chi connectivity index (χ0n) is 15.6. The third kappa shape index (κ3) is 6.15. The maximum atomic E-state index is 12.5. The molecule has 6 nitrogen and oxygen atoms in total. The Hall–Kier alpha value is -2.25. The van der Waals surface area contributed by atoms with E-state index in [4.69, 9.17) is 16.3 Å². The van der Waals surface area contributed by atoms with E-state index in [1.54, 1.807) is 43.4 Å². The molecular formula is C19H23ClN2O4S. The summed E-state index contributed by atoms with van der Waals surface area (Å²) in [5.74, 6) is 0.335. The number of aryl methyl sites for hydroxylation is 1. The van der Waals surface area contributed by atoms with Gasteiger partial charge in [0.25, 0.3) is 0 Å². The van der Waals surface area contributed by atoms with Crippen molar-refractivity contribution >= 4 is 33.2 Å². The lowest BCUT2D eigenvalue weighted by Crippen LogP contribution is -2.42. The number of hydrogen-bond donors (Lipinski definition) is 0. The molecule has 0 aliphatic rings. The topological polar surface area (TPSA) is 66.9 Å². The average Bonchev–Trinajstić information content (AvgIpc) is 2.61. The second-order valence-electron chi connectivity index (χ2n) is 6.17. The number of carbonyl (C=O) groups is 1. The van der Waals surface area contributed by atoms with Crippen molar-refractivity contribution in [2.45, 2.75) is 6.92 Å². The van der Waals surface area contributed by atoms with Crippen LogP contribution in [-0.2, 0) is 14.8 Å². The monoisotopic (exact) mass is 410 g/mol. The smallest absolute Gasteiger partial charge is 0.243 e. The molecule has 0 aliphatic heterocycles. The molecule has 0 unspecified atom stereocenters. The number of nitrogens with zero attached hydrogens (tertiary/aromatic N) is 2. The van der Waals surface area contributed by atoms with Crippen molar-refractivity contribution in [3.63, 3.8) is 0 Å². The van der Waals surface area contributed by atoms with Crippen LogP contribution in [0.2, 0.25) is 5.02 Å². The van der Waals surface area contributed by atoms with Crippen LogP contribution in [0.15, 0.2) is 48.5 Å². The highest BCUT2D eigenvalue weighted by Gasteiger charge is 2.23. The minimum absolute atomic E-state index is 0.263. The van der Waals surface area contributed by atoms with Crippen molar-refractivity contribution in [3.8, 4) is 5.75 Å². The van der Waals surface area contributed by atoms with E-state index < -0.39 is 10.0 Å². The first kappa shape index (κ1) is 21.1. The minimum atomic E-state index is -3.59. The average molecular weight is 411 g/mol.